The van der Waals surface area contributed by atoms with Crippen molar-refractivity contribution in [2.24, 2.45) is 0 Å². The average Bonchev–Trinajstić information content (AvgIpc) is 2.74. The summed E-state index contributed by atoms with van der Waals surface area (Å²) in [7, 11) is 0. The number of carbonyl (C=O) groups is 3. The van der Waals surface area contributed by atoms with Crippen molar-refractivity contribution in [1.29, 1.82) is 0 Å². The average molecular weight is 421 g/mol. The van der Waals surface area contributed by atoms with E-state index in [1.165, 1.54) is 0 Å². The van der Waals surface area contributed by atoms with Crippen LogP contribution < -0.4 is 20.3 Å². The lowest BCUT2D eigenvalue weighted by atomic mass is 10.2. The van der Waals surface area contributed by atoms with Crippen LogP contribution in [0.25, 0.3) is 0 Å². The number of carbonyl (C=O) groups excluding carboxylic acids is 3. The molecule has 0 saturated heterocycles. The number of rotatable bonds is 9. The molecular formula is C20H21ClN2O6. The third-order valence-electron chi connectivity index (χ3n) is 3.53. The summed E-state index contributed by atoms with van der Waals surface area (Å²) in [5.41, 5.74) is 4.29. The fraction of sp³-hybridized carbons (Fsp3) is 0.250. The molecule has 0 aromatic heterocycles. The fourth-order valence-corrected chi connectivity index (χ4v) is 2.21. The second kappa shape index (κ2) is 11.6. The smallest absolute Gasteiger partial charge is 0.347 e. The highest BCUT2D eigenvalue weighted by Gasteiger charge is 2.21. The van der Waals surface area contributed by atoms with E-state index in [9.17, 15) is 14.4 Å². The first-order chi connectivity index (χ1) is 14.0. The number of hydrazine groups is 1. The number of esters is 1. The van der Waals surface area contributed by atoms with Gasteiger partial charge in [0.1, 0.15) is 11.5 Å². The molecular weight excluding hydrogens is 400 g/mol. The van der Waals surface area contributed by atoms with Crippen LogP contribution in [0.4, 0.5) is 0 Å². The van der Waals surface area contributed by atoms with E-state index >= 15 is 0 Å². The molecule has 1 atom stereocenters. The van der Waals surface area contributed by atoms with E-state index in [2.05, 4.69) is 10.9 Å². The lowest BCUT2D eigenvalue weighted by Crippen LogP contribution is -2.46. The summed E-state index contributed by atoms with van der Waals surface area (Å²) in [4.78, 5) is 35.5. The lowest BCUT2D eigenvalue weighted by Gasteiger charge is -2.16. The SMILES string of the molecule is CC[C@@H](Oc1ccccc1)C(=O)OCC(=O)NNC(=O)COc1ccc(Cl)cc1. The first-order valence-corrected chi connectivity index (χ1v) is 9.20. The predicted molar refractivity (Wildman–Crippen MR) is 105 cm³/mol. The second-order valence-electron chi connectivity index (χ2n) is 5.77. The maximum atomic E-state index is 12.1. The van der Waals surface area contributed by atoms with Crippen molar-refractivity contribution in [3.8, 4) is 11.5 Å². The topological polar surface area (TPSA) is 103 Å². The summed E-state index contributed by atoms with van der Waals surface area (Å²) in [5, 5.41) is 0.545. The highest BCUT2D eigenvalue weighted by Crippen LogP contribution is 2.15. The minimum Gasteiger partial charge on any atom is -0.484 e. The van der Waals surface area contributed by atoms with Gasteiger partial charge in [0, 0.05) is 5.02 Å². The predicted octanol–water partition coefficient (Wildman–Crippen LogP) is 2.27. The minimum atomic E-state index is -0.840. The number of para-hydroxylation sites is 1. The molecule has 2 aromatic carbocycles. The van der Waals surface area contributed by atoms with Crippen LogP contribution in [0.15, 0.2) is 54.6 Å². The number of ether oxygens (including phenoxy) is 3. The first kappa shape index (κ1) is 22.0. The van der Waals surface area contributed by atoms with Crippen molar-refractivity contribution in [3.63, 3.8) is 0 Å². The van der Waals surface area contributed by atoms with E-state index in [1.807, 2.05) is 6.07 Å². The molecule has 29 heavy (non-hydrogen) atoms. The van der Waals surface area contributed by atoms with Crippen LogP contribution in [-0.2, 0) is 19.1 Å². The second-order valence-corrected chi connectivity index (χ2v) is 6.21. The molecule has 0 saturated carbocycles. The maximum Gasteiger partial charge on any atom is 0.347 e. The number of hydrogen-bond donors (Lipinski definition) is 2. The Morgan fingerprint density at radius 1 is 0.897 bits per heavy atom. The number of amides is 2. The molecule has 0 spiro atoms. The van der Waals surface area contributed by atoms with Crippen molar-refractivity contribution >= 4 is 29.4 Å². The highest BCUT2D eigenvalue weighted by atomic mass is 35.5. The van der Waals surface area contributed by atoms with Gasteiger partial charge in [0.05, 0.1) is 0 Å². The van der Waals surface area contributed by atoms with Gasteiger partial charge in [0.25, 0.3) is 11.8 Å². The summed E-state index contributed by atoms with van der Waals surface area (Å²) in [5.74, 6) is -0.988. The van der Waals surface area contributed by atoms with Crippen LogP contribution in [-0.4, -0.2) is 37.1 Å². The van der Waals surface area contributed by atoms with Gasteiger partial charge >= 0.3 is 5.97 Å². The van der Waals surface area contributed by atoms with Crippen molar-refractivity contribution in [2.45, 2.75) is 19.4 Å². The Morgan fingerprint density at radius 3 is 2.14 bits per heavy atom. The van der Waals surface area contributed by atoms with E-state index in [-0.39, 0.29) is 6.61 Å². The van der Waals surface area contributed by atoms with Gasteiger partial charge in [0.15, 0.2) is 19.3 Å². The summed E-state index contributed by atoms with van der Waals surface area (Å²) in [6.45, 7) is 0.881. The number of benzene rings is 2. The highest BCUT2D eigenvalue weighted by molar-refractivity contribution is 6.30. The van der Waals surface area contributed by atoms with Crippen LogP contribution in [0, 0.1) is 0 Å². The Bertz CT molecular complexity index is 813. The van der Waals surface area contributed by atoms with Crippen LogP contribution in [0.1, 0.15) is 13.3 Å². The van der Waals surface area contributed by atoms with Crippen molar-refractivity contribution in [2.75, 3.05) is 13.2 Å². The third-order valence-corrected chi connectivity index (χ3v) is 3.78. The van der Waals surface area contributed by atoms with Gasteiger partial charge in [-0.3, -0.25) is 20.4 Å². The molecule has 0 fully saturated rings. The van der Waals surface area contributed by atoms with E-state index in [4.69, 9.17) is 25.8 Å². The van der Waals surface area contributed by atoms with Gasteiger partial charge in [-0.2, -0.15) is 0 Å². The zero-order valence-corrected chi connectivity index (χ0v) is 16.5. The zero-order chi connectivity index (χ0) is 21.1. The van der Waals surface area contributed by atoms with Crippen molar-refractivity contribution in [3.05, 3.63) is 59.6 Å². The van der Waals surface area contributed by atoms with E-state index in [0.717, 1.165) is 0 Å². The quantitative estimate of drug-likeness (QED) is 0.476. The Kier molecular flexibility index (Phi) is 8.78. The molecule has 0 aliphatic carbocycles. The summed E-state index contributed by atoms with van der Waals surface area (Å²) in [6, 6.07) is 15.3. The summed E-state index contributed by atoms with van der Waals surface area (Å²) in [6.07, 6.45) is -0.471. The van der Waals surface area contributed by atoms with Crippen LogP contribution in [0.3, 0.4) is 0 Å². The number of nitrogens with one attached hydrogen (secondary N) is 2. The normalized spacial score (nSPS) is 11.1. The molecule has 0 bridgehead atoms. The van der Waals surface area contributed by atoms with Crippen LogP contribution in [0.2, 0.25) is 5.02 Å². The van der Waals surface area contributed by atoms with Gasteiger partial charge in [-0.15, -0.1) is 0 Å². The monoisotopic (exact) mass is 420 g/mol. The molecule has 2 N–H and O–H groups in total. The van der Waals surface area contributed by atoms with Gasteiger partial charge in [-0.1, -0.05) is 36.7 Å². The van der Waals surface area contributed by atoms with Gasteiger partial charge < -0.3 is 14.2 Å². The summed E-state index contributed by atoms with van der Waals surface area (Å²) >= 11 is 5.75. The summed E-state index contributed by atoms with van der Waals surface area (Å²) < 4.78 is 15.7. The lowest BCUT2D eigenvalue weighted by molar-refractivity contribution is -0.156. The van der Waals surface area contributed by atoms with Crippen LogP contribution in [0.5, 0.6) is 11.5 Å². The number of halogens is 1. The first-order valence-electron chi connectivity index (χ1n) is 8.82. The Balaban J connectivity index is 1.66. The molecule has 154 valence electrons. The molecule has 9 heteroatoms. The molecule has 2 rings (SSSR count). The van der Waals surface area contributed by atoms with E-state index in [0.29, 0.717) is 22.9 Å². The van der Waals surface area contributed by atoms with Gasteiger partial charge in [0.2, 0.25) is 0 Å². The molecule has 2 aromatic rings. The standard InChI is InChI=1S/C20H21ClN2O6/c1-2-17(29-16-6-4-3-5-7-16)20(26)28-13-19(25)23-22-18(24)12-27-15-10-8-14(21)9-11-15/h3-11,17H,2,12-13H2,1H3,(H,22,24)(H,23,25)/t17-/m1/s1. The molecule has 0 aliphatic heterocycles. The maximum absolute atomic E-state index is 12.1. The van der Waals surface area contributed by atoms with Gasteiger partial charge in [-0.05, 0) is 42.8 Å². The Morgan fingerprint density at radius 2 is 1.52 bits per heavy atom. The molecule has 0 unspecified atom stereocenters. The van der Waals surface area contributed by atoms with Gasteiger partial charge in [-0.25, -0.2) is 4.79 Å². The number of hydrogen-bond acceptors (Lipinski definition) is 6. The molecule has 2 amide bonds. The van der Waals surface area contributed by atoms with Crippen molar-refractivity contribution < 1.29 is 28.6 Å². The molecule has 0 aliphatic rings. The van der Waals surface area contributed by atoms with Crippen molar-refractivity contribution in [1.82, 2.24) is 10.9 Å². The third kappa shape index (κ3) is 8.10. The van der Waals surface area contributed by atoms with E-state index in [1.54, 1.807) is 55.5 Å². The largest absolute Gasteiger partial charge is 0.484 e. The minimum absolute atomic E-state index is 0.315. The zero-order valence-electron chi connectivity index (χ0n) is 15.7. The Labute approximate surface area is 173 Å². The molecule has 8 nitrogen and oxygen atoms in total. The van der Waals surface area contributed by atoms with E-state index < -0.39 is 30.5 Å². The van der Waals surface area contributed by atoms with Crippen LogP contribution >= 0.6 is 11.6 Å². The fourth-order valence-electron chi connectivity index (χ4n) is 2.08. The Hall–Kier alpha value is -3.26. The molecule has 0 heterocycles. The molecule has 0 radical (unpaired) electrons.